The van der Waals surface area contributed by atoms with E-state index in [2.05, 4.69) is 9.46 Å². The molecule has 2 atom stereocenters. The molecule has 0 unspecified atom stereocenters. The molecule has 0 aliphatic rings. The molecule has 1 aromatic rings. The Morgan fingerprint density at radius 3 is 2.57 bits per heavy atom. The number of methoxy groups -OCH3 is 1. The number of nitro groups is 1. The second kappa shape index (κ2) is 7.71. The molecule has 0 saturated carbocycles. The molecule has 0 fully saturated rings. The number of nitrogens with one attached hydrogen (secondary N) is 1. The van der Waals surface area contributed by atoms with Crippen LogP contribution in [0, 0.1) is 16.0 Å². The predicted molar refractivity (Wildman–Crippen MR) is 83.7 cm³/mol. The Morgan fingerprint density at radius 2 is 2.09 bits per heavy atom. The molecule has 0 amide bonds. The van der Waals surface area contributed by atoms with E-state index in [1.807, 2.05) is 0 Å². The Bertz CT molecular complexity index is 706. The van der Waals surface area contributed by atoms with Crippen LogP contribution in [0.2, 0.25) is 5.02 Å². The van der Waals surface area contributed by atoms with Crippen LogP contribution in [0.25, 0.3) is 0 Å². The molecule has 0 bridgehead atoms. The number of rotatable bonds is 7. The first kappa shape index (κ1) is 19.3. The first-order chi connectivity index (χ1) is 10.6. The van der Waals surface area contributed by atoms with E-state index in [0.717, 1.165) is 25.3 Å². The van der Waals surface area contributed by atoms with Gasteiger partial charge in [0, 0.05) is 6.07 Å². The highest BCUT2D eigenvalue weighted by atomic mass is 35.5. The molecule has 1 aromatic carbocycles. The molecule has 0 radical (unpaired) electrons. The maximum Gasteiger partial charge on any atom is 0.324 e. The summed E-state index contributed by atoms with van der Waals surface area (Å²) in [5.41, 5.74) is -0.535. The van der Waals surface area contributed by atoms with E-state index >= 15 is 0 Å². The van der Waals surface area contributed by atoms with Crippen LogP contribution in [0.15, 0.2) is 23.1 Å². The smallest absolute Gasteiger partial charge is 0.324 e. The summed E-state index contributed by atoms with van der Waals surface area (Å²) in [5.74, 6) is -1.05. The second-order valence-corrected chi connectivity index (χ2v) is 7.00. The first-order valence-corrected chi connectivity index (χ1v) is 8.54. The lowest BCUT2D eigenvalue weighted by atomic mass is 10.0. The van der Waals surface area contributed by atoms with Gasteiger partial charge in [0.15, 0.2) is 0 Å². The number of esters is 1. The van der Waals surface area contributed by atoms with E-state index in [4.69, 9.17) is 11.6 Å². The molecule has 0 aliphatic heterocycles. The standard InChI is InChI=1S/C13H17ClN2O6S/c1-4-8(2)12(13(17)22-3)15-23(20,21)9-5-6-10(14)11(7-9)16(18)19/h5-8,12,15H,4H2,1-3H3/t8-,12+/m1/s1. The van der Waals surface area contributed by atoms with Gasteiger partial charge in [-0.15, -0.1) is 0 Å². The van der Waals surface area contributed by atoms with E-state index in [1.54, 1.807) is 13.8 Å². The fourth-order valence-electron chi connectivity index (χ4n) is 1.79. The van der Waals surface area contributed by atoms with Crippen molar-refractivity contribution in [3.05, 3.63) is 33.3 Å². The second-order valence-electron chi connectivity index (χ2n) is 4.88. The molecular weight excluding hydrogens is 348 g/mol. The van der Waals surface area contributed by atoms with Crippen molar-refractivity contribution in [2.24, 2.45) is 5.92 Å². The number of carbonyl (C=O) groups excluding carboxylic acids is 1. The van der Waals surface area contributed by atoms with Gasteiger partial charge in [-0.3, -0.25) is 14.9 Å². The van der Waals surface area contributed by atoms with Gasteiger partial charge in [0.05, 0.1) is 16.9 Å². The Labute approximate surface area is 139 Å². The summed E-state index contributed by atoms with van der Waals surface area (Å²) < 4.78 is 31.6. The van der Waals surface area contributed by atoms with E-state index in [1.165, 1.54) is 0 Å². The third kappa shape index (κ3) is 4.63. The molecule has 0 saturated heterocycles. The minimum Gasteiger partial charge on any atom is -0.468 e. The first-order valence-electron chi connectivity index (χ1n) is 6.68. The summed E-state index contributed by atoms with van der Waals surface area (Å²) in [6.45, 7) is 3.48. The van der Waals surface area contributed by atoms with Gasteiger partial charge in [-0.25, -0.2) is 8.42 Å². The van der Waals surface area contributed by atoms with Gasteiger partial charge in [-0.1, -0.05) is 31.9 Å². The van der Waals surface area contributed by atoms with Crippen LogP contribution < -0.4 is 4.72 Å². The minimum absolute atomic E-state index is 0.180. The van der Waals surface area contributed by atoms with Gasteiger partial charge in [0.25, 0.3) is 5.69 Å². The topological polar surface area (TPSA) is 116 Å². The summed E-state index contributed by atoms with van der Waals surface area (Å²) in [6.07, 6.45) is 0.531. The van der Waals surface area contributed by atoms with E-state index < -0.39 is 32.6 Å². The molecule has 0 heterocycles. The van der Waals surface area contributed by atoms with Crippen molar-refractivity contribution < 1.29 is 22.9 Å². The Morgan fingerprint density at radius 1 is 1.48 bits per heavy atom. The zero-order chi connectivity index (χ0) is 17.8. The fraction of sp³-hybridized carbons (Fsp3) is 0.462. The van der Waals surface area contributed by atoms with E-state index in [0.29, 0.717) is 6.42 Å². The van der Waals surface area contributed by atoms with Crippen molar-refractivity contribution in [3.8, 4) is 0 Å². The highest BCUT2D eigenvalue weighted by Gasteiger charge is 2.31. The third-order valence-corrected chi connectivity index (χ3v) is 5.13. The average molecular weight is 365 g/mol. The average Bonchev–Trinajstić information content (AvgIpc) is 2.51. The van der Waals surface area contributed by atoms with Crippen molar-refractivity contribution >= 4 is 33.3 Å². The zero-order valence-electron chi connectivity index (χ0n) is 12.8. The summed E-state index contributed by atoms with van der Waals surface area (Å²) in [4.78, 5) is 21.5. The number of hydrogen-bond acceptors (Lipinski definition) is 6. The molecule has 0 aromatic heterocycles. The van der Waals surface area contributed by atoms with Gasteiger partial charge >= 0.3 is 5.97 Å². The molecule has 128 valence electrons. The lowest BCUT2D eigenvalue weighted by Gasteiger charge is -2.21. The van der Waals surface area contributed by atoms with Crippen molar-refractivity contribution in [1.29, 1.82) is 0 Å². The third-order valence-electron chi connectivity index (χ3n) is 3.37. The highest BCUT2D eigenvalue weighted by molar-refractivity contribution is 7.89. The van der Waals surface area contributed by atoms with Crippen LogP contribution in [0.5, 0.6) is 0 Å². The van der Waals surface area contributed by atoms with Crippen LogP contribution in [-0.4, -0.2) is 32.5 Å². The van der Waals surface area contributed by atoms with Crippen molar-refractivity contribution in [2.45, 2.75) is 31.2 Å². The van der Waals surface area contributed by atoms with Gasteiger partial charge < -0.3 is 4.74 Å². The number of sulfonamides is 1. The number of ether oxygens (including phenoxy) is 1. The molecular formula is C13H17ClN2O6S. The number of hydrogen-bond donors (Lipinski definition) is 1. The van der Waals surface area contributed by atoms with Crippen molar-refractivity contribution in [1.82, 2.24) is 4.72 Å². The van der Waals surface area contributed by atoms with Crippen LogP contribution in [0.4, 0.5) is 5.69 Å². The van der Waals surface area contributed by atoms with Crippen LogP contribution in [-0.2, 0) is 19.6 Å². The van der Waals surface area contributed by atoms with Gasteiger partial charge in [0.1, 0.15) is 11.1 Å². The number of benzene rings is 1. The number of nitrogens with zero attached hydrogens (tertiary/aromatic N) is 1. The quantitative estimate of drug-likeness (QED) is 0.450. The monoisotopic (exact) mass is 364 g/mol. The van der Waals surface area contributed by atoms with Gasteiger partial charge in [-0.2, -0.15) is 4.72 Å². The minimum atomic E-state index is -4.16. The molecule has 0 spiro atoms. The SMILES string of the molecule is CC[C@@H](C)[C@H](NS(=O)(=O)c1ccc(Cl)c([N+](=O)[O-])c1)C(=O)OC. The highest BCUT2D eigenvalue weighted by Crippen LogP contribution is 2.27. The lowest BCUT2D eigenvalue weighted by molar-refractivity contribution is -0.384. The van der Waals surface area contributed by atoms with Crippen molar-refractivity contribution in [3.63, 3.8) is 0 Å². The number of halogens is 1. The Balaban J connectivity index is 3.22. The number of carbonyl (C=O) groups is 1. The van der Waals surface area contributed by atoms with Gasteiger partial charge in [0.2, 0.25) is 10.0 Å². The maximum absolute atomic E-state index is 12.4. The lowest BCUT2D eigenvalue weighted by Crippen LogP contribution is -2.45. The maximum atomic E-state index is 12.4. The summed E-state index contributed by atoms with van der Waals surface area (Å²) in [6, 6.07) is 1.99. The predicted octanol–water partition coefficient (Wildman–Crippen LogP) is 2.11. The van der Waals surface area contributed by atoms with Crippen LogP contribution >= 0.6 is 11.6 Å². The summed E-state index contributed by atoms with van der Waals surface area (Å²) >= 11 is 5.66. The van der Waals surface area contributed by atoms with Crippen molar-refractivity contribution in [2.75, 3.05) is 7.11 Å². The summed E-state index contributed by atoms with van der Waals surface area (Å²) in [5, 5.41) is 10.7. The zero-order valence-corrected chi connectivity index (χ0v) is 14.3. The molecule has 8 nitrogen and oxygen atoms in total. The molecule has 1 N–H and O–H groups in total. The molecule has 23 heavy (non-hydrogen) atoms. The van der Waals surface area contributed by atoms with Gasteiger partial charge in [-0.05, 0) is 18.1 Å². The fourth-order valence-corrected chi connectivity index (χ4v) is 3.29. The van der Waals surface area contributed by atoms with E-state index in [-0.39, 0.29) is 15.8 Å². The van der Waals surface area contributed by atoms with E-state index in [9.17, 15) is 23.3 Å². The normalized spacial score (nSPS) is 14.1. The molecule has 10 heteroatoms. The summed E-state index contributed by atoms with van der Waals surface area (Å²) in [7, 11) is -3.00. The molecule has 0 aliphatic carbocycles. The Hall–Kier alpha value is -1.71. The van der Waals surface area contributed by atoms with Crippen LogP contribution in [0.1, 0.15) is 20.3 Å². The number of nitro benzene ring substituents is 1. The largest absolute Gasteiger partial charge is 0.468 e. The van der Waals surface area contributed by atoms with Crippen LogP contribution in [0.3, 0.4) is 0 Å². The molecule has 1 rings (SSSR count). The Kier molecular flexibility index (Phi) is 6.48.